The lowest BCUT2D eigenvalue weighted by atomic mass is 10.2. The van der Waals surface area contributed by atoms with Gasteiger partial charge in [-0.25, -0.2) is 8.42 Å². The van der Waals surface area contributed by atoms with Crippen molar-refractivity contribution in [3.05, 3.63) is 30.5 Å². The van der Waals surface area contributed by atoms with Crippen molar-refractivity contribution in [3.8, 4) is 0 Å². The number of benzene rings is 1. The molecule has 1 saturated heterocycles. The molecule has 9 heteroatoms. The van der Waals surface area contributed by atoms with Gasteiger partial charge in [-0.3, -0.25) is 9.59 Å². The quantitative estimate of drug-likeness (QED) is 0.732. The smallest absolute Gasteiger partial charge is 0.242 e. The second kappa shape index (κ2) is 8.74. The fourth-order valence-electron chi connectivity index (χ4n) is 3.22. The minimum Gasteiger partial charge on any atom is -0.378 e. The lowest BCUT2D eigenvalue weighted by molar-refractivity contribution is -0.135. The van der Waals surface area contributed by atoms with Gasteiger partial charge < -0.3 is 19.5 Å². The van der Waals surface area contributed by atoms with Gasteiger partial charge in [0.15, 0.2) is 9.84 Å². The number of aromatic nitrogens is 1. The van der Waals surface area contributed by atoms with E-state index >= 15 is 0 Å². The third-order valence-corrected chi connectivity index (χ3v) is 6.29. The van der Waals surface area contributed by atoms with Gasteiger partial charge in [-0.1, -0.05) is 25.1 Å². The molecule has 1 aliphatic heterocycles. The van der Waals surface area contributed by atoms with E-state index in [4.69, 9.17) is 4.74 Å². The zero-order valence-electron chi connectivity index (χ0n) is 15.9. The van der Waals surface area contributed by atoms with Crippen molar-refractivity contribution in [1.82, 2.24) is 14.8 Å². The van der Waals surface area contributed by atoms with Crippen molar-refractivity contribution in [2.75, 3.05) is 38.6 Å². The van der Waals surface area contributed by atoms with Crippen LogP contribution >= 0.6 is 0 Å². The first-order valence-electron chi connectivity index (χ1n) is 9.35. The number of para-hydroxylation sites is 1. The minimum atomic E-state index is -3.83. The molecule has 0 radical (unpaired) electrons. The number of nitrogens with one attached hydrogen (secondary N) is 1. The molecule has 0 bridgehead atoms. The first-order valence-corrected chi connectivity index (χ1v) is 11.0. The van der Waals surface area contributed by atoms with Crippen molar-refractivity contribution < 1.29 is 22.7 Å². The molecule has 28 heavy (non-hydrogen) atoms. The molecule has 1 aliphatic rings. The summed E-state index contributed by atoms with van der Waals surface area (Å²) in [6.45, 7) is 4.44. The first kappa shape index (κ1) is 20.3. The van der Waals surface area contributed by atoms with Gasteiger partial charge >= 0.3 is 0 Å². The highest BCUT2D eigenvalue weighted by atomic mass is 32.2. The zero-order chi connectivity index (χ0) is 20.1. The summed E-state index contributed by atoms with van der Waals surface area (Å²) in [5.74, 6) is -1.23. The molecule has 0 unspecified atom stereocenters. The summed E-state index contributed by atoms with van der Waals surface area (Å²) in [6.07, 6.45) is 2.19. The van der Waals surface area contributed by atoms with Crippen LogP contribution in [-0.2, 0) is 30.7 Å². The Bertz CT molecular complexity index is 961. The lowest BCUT2D eigenvalue weighted by Gasteiger charge is -2.27. The summed E-state index contributed by atoms with van der Waals surface area (Å²) in [5, 5.41) is 3.11. The molecule has 152 valence electrons. The summed E-state index contributed by atoms with van der Waals surface area (Å²) >= 11 is 0. The summed E-state index contributed by atoms with van der Waals surface area (Å²) in [7, 11) is -3.83. The third kappa shape index (κ3) is 4.53. The second-order valence-electron chi connectivity index (χ2n) is 6.74. The number of hydrogen-bond acceptors (Lipinski definition) is 5. The Morgan fingerprint density at radius 1 is 1.18 bits per heavy atom. The Hall–Kier alpha value is -2.39. The van der Waals surface area contributed by atoms with E-state index in [-0.39, 0.29) is 17.3 Å². The van der Waals surface area contributed by atoms with Crippen molar-refractivity contribution in [1.29, 1.82) is 0 Å². The van der Waals surface area contributed by atoms with Crippen LogP contribution in [-0.4, -0.2) is 68.3 Å². The Kier molecular flexibility index (Phi) is 6.35. The van der Waals surface area contributed by atoms with Gasteiger partial charge in [-0.05, 0) is 12.5 Å². The molecule has 1 fully saturated rings. The van der Waals surface area contributed by atoms with Crippen molar-refractivity contribution >= 4 is 32.6 Å². The summed E-state index contributed by atoms with van der Waals surface area (Å²) < 4.78 is 32.6. The van der Waals surface area contributed by atoms with Crippen LogP contribution in [0.4, 0.5) is 0 Å². The molecule has 0 spiro atoms. The molecule has 2 amide bonds. The number of amides is 2. The van der Waals surface area contributed by atoms with Crippen LogP contribution in [0, 0.1) is 0 Å². The molecule has 1 aromatic carbocycles. The molecular formula is C19H25N3O5S. The lowest BCUT2D eigenvalue weighted by Crippen LogP contribution is -2.42. The van der Waals surface area contributed by atoms with Crippen LogP contribution in [0.25, 0.3) is 10.9 Å². The number of morpholine rings is 1. The first-order chi connectivity index (χ1) is 13.4. The largest absolute Gasteiger partial charge is 0.378 e. The Labute approximate surface area is 164 Å². The molecule has 8 nitrogen and oxygen atoms in total. The zero-order valence-corrected chi connectivity index (χ0v) is 16.7. The predicted octanol–water partition coefficient (Wildman–Crippen LogP) is 0.800. The fourth-order valence-corrected chi connectivity index (χ4v) is 4.61. The normalized spacial score (nSPS) is 15.0. The Morgan fingerprint density at radius 2 is 1.89 bits per heavy atom. The van der Waals surface area contributed by atoms with Gasteiger partial charge in [-0.15, -0.1) is 0 Å². The van der Waals surface area contributed by atoms with E-state index in [2.05, 4.69) is 5.32 Å². The molecule has 0 saturated carbocycles. The standard InChI is InChI=1S/C19H25N3O5S/c1-2-7-20-18(23)14-28(25,26)17-12-22(16-6-4-3-5-15(16)17)13-19(24)21-8-10-27-11-9-21/h3-6,12H,2,7-11,13-14H2,1H3,(H,20,23). The second-order valence-corrected chi connectivity index (χ2v) is 8.70. The predicted molar refractivity (Wildman–Crippen MR) is 105 cm³/mol. The SMILES string of the molecule is CCCNC(=O)CS(=O)(=O)c1cn(CC(=O)N2CCOCC2)c2ccccc12. The van der Waals surface area contributed by atoms with Crippen molar-refractivity contribution in [2.45, 2.75) is 24.8 Å². The van der Waals surface area contributed by atoms with E-state index < -0.39 is 21.5 Å². The molecule has 2 aromatic rings. The summed E-state index contributed by atoms with van der Waals surface area (Å²) in [4.78, 5) is 26.3. The number of carbonyl (C=O) groups is 2. The minimum absolute atomic E-state index is 0.0397. The van der Waals surface area contributed by atoms with Gasteiger partial charge in [0.25, 0.3) is 0 Å². The number of fused-ring (bicyclic) bond motifs is 1. The van der Waals surface area contributed by atoms with Crippen LogP contribution in [0.1, 0.15) is 13.3 Å². The van der Waals surface area contributed by atoms with Gasteiger partial charge in [0.05, 0.1) is 18.1 Å². The van der Waals surface area contributed by atoms with Gasteiger partial charge in [-0.2, -0.15) is 0 Å². The van der Waals surface area contributed by atoms with Crippen LogP contribution in [0.15, 0.2) is 35.4 Å². The molecule has 2 heterocycles. The molecule has 1 N–H and O–H groups in total. The van der Waals surface area contributed by atoms with Crippen LogP contribution in [0.3, 0.4) is 0 Å². The van der Waals surface area contributed by atoms with Crippen LogP contribution in [0.2, 0.25) is 0 Å². The monoisotopic (exact) mass is 407 g/mol. The highest BCUT2D eigenvalue weighted by Crippen LogP contribution is 2.26. The van der Waals surface area contributed by atoms with Gasteiger partial charge in [0.1, 0.15) is 12.3 Å². The average molecular weight is 407 g/mol. The maximum absolute atomic E-state index is 12.8. The van der Waals surface area contributed by atoms with Crippen molar-refractivity contribution in [2.24, 2.45) is 0 Å². The molecular weight excluding hydrogens is 382 g/mol. The Balaban J connectivity index is 1.87. The van der Waals surface area contributed by atoms with E-state index in [1.54, 1.807) is 33.7 Å². The van der Waals surface area contributed by atoms with E-state index in [0.717, 1.165) is 6.42 Å². The highest BCUT2D eigenvalue weighted by Gasteiger charge is 2.25. The number of carbonyl (C=O) groups excluding carboxylic acids is 2. The number of hydrogen-bond donors (Lipinski definition) is 1. The fraction of sp³-hybridized carbons (Fsp3) is 0.474. The number of ether oxygens (including phenoxy) is 1. The van der Waals surface area contributed by atoms with Gasteiger partial charge in [0.2, 0.25) is 11.8 Å². The Morgan fingerprint density at radius 3 is 2.61 bits per heavy atom. The molecule has 0 atom stereocenters. The third-order valence-electron chi connectivity index (χ3n) is 4.65. The molecule has 0 aliphatic carbocycles. The number of sulfone groups is 1. The van der Waals surface area contributed by atoms with E-state index in [1.807, 2.05) is 6.92 Å². The number of rotatable bonds is 7. The summed E-state index contributed by atoms with van der Waals surface area (Å²) in [6, 6.07) is 7.01. The maximum Gasteiger partial charge on any atom is 0.242 e. The van der Waals surface area contributed by atoms with Crippen LogP contribution in [0.5, 0.6) is 0 Å². The average Bonchev–Trinajstić information content (AvgIpc) is 3.06. The maximum atomic E-state index is 12.8. The van der Waals surface area contributed by atoms with Crippen LogP contribution < -0.4 is 5.32 Å². The van der Waals surface area contributed by atoms with Gasteiger partial charge in [0, 0.05) is 36.7 Å². The van der Waals surface area contributed by atoms with E-state index in [9.17, 15) is 18.0 Å². The molecule has 3 rings (SSSR count). The molecule has 1 aromatic heterocycles. The summed E-state index contributed by atoms with van der Waals surface area (Å²) in [5.41, 5.74) is 0.650. The van der Waals surface area contributed by atoms with E-state index in [1.165, 1.54) is 6.20 Å². The topological polar surface area (TPSA) is 97.7 Å². The highest BCUT2D eigenvalue weighted by molar-refractivity contribution is 7.92. The number of nitrogens with zero attached hydrogens (tertiary/aromatic N) is 2. The van der Waals surface area contributed by atoms with Crippen molar-refractivity contribution in [3.63, 3.8) is 0 Å². The van der Waals surface area contributed by atoms with E-state index in [0.29, 0.717) is 43.8 Å².